The molecule has 7 heteroatoms. The Morgan fingerprint density at radius 1 is 1.10 bits per heavy atom. The van der Waals surface area contributed by atoms with Gasteiger partial charge in [0.1, 0.15) is 0 Å². The Kier molecular flexibility index (Phi) is 2.65. The molecule has 104 valence electrons. The molecule has 1 N–H and O–H groups in total. The molecule has 3 rings (SSSR count). The molecule has 2 heterocycles. The van der Waals surface area contributed by atoms with E-state index in [1.54, 1.807) is 24.3 Å². The minimum atomic E-state index is -0.792. The fourth-order valence-electron chi connectivity index (χ4n) is 2.48. The second kappa shape index (κ2) is 4.27. The first-order valence-electron chi connectivity index (χ1n) is 6.24. The summed E-state index contributed by atoms with van der Waals surface area (Å²) in [5.41, 5.74) is 0.832. The lowest BCUT2D eigenvalue weighted by Gasteiger charge is -2.03. The van der Waals surface area contributed by atoms with Gasteiger partial charge in [-0.25, -0.2) is 4.79 Å². The number of hydrogen-bond acceptors (Lipinski definition) is 4. The van der Waals surface area contributed by atoms with Gasteiger partial charge in [-0.3, -0.25) is 14.4 Å². The van der Waals surface area contributed by atoms with Crippen LogP contribution in [0.2, 0.25) is 0 Å². The van der Waals surface area contributed by atoms with Crippen molar-refractivity contribution in [2.75, 3.05) is 0 Å². The van der Waals surface area contributed by atoms with Crippen LogP contribution in [0.5, 0.6) is 0 Å². The first kappa shape index (κ1) is 13.0. The van der Waals surface area contributed by atoms with Crippen LogP contribution in [0.3, 0.4) is 0 Å². The highest BCUT2D eigenvalue weighted by Crippen LogP contribution is 2.18. The van der Waals surface area contributed by atoms with Crippen molar-refractivity contribution in [3.63, 3.8) is 0 Å². The lowest BCUT2D eigenvalue weighted by atomic mass is 10.2. The van der Waals surface area contributed by atoms with Crippen LogP contribution in [-0.2, 0) is 4.79 Å². The zero-order chi connectivity index (χ0) is 15.3. The molecule has 21 heavy (non-hydrogen) atoms. The molecule has 0 atom stereocenters. The van der Waals surface area contributed by atoms with E-state index in [1.807, 2.05) is 0 Å². The van der Waals surface area contributed by atoms with Crippen molar-refractivity contribution in [1.29, 1.82) is 0 Å². The summed E-state index contributed by atoms with van der Waals surface area (Å²) in [4.78, 5) is 51.3. The molecule has 7 nitrogen and oxygen atoms in total. The normalized spacial score (nSPS) is 13.7. The van der Waals surface area contributed by atoms with Gasteiger partial charge in [0.2, 0.25) is 5.91 Å². The van der Waals surface area contributed by atoms with Crippen LogP contribution in [0.15, 0.2) is 24.3 Å². The van der Waals surface area contributed by atoms with E-state index >= 15 is 0 Å². The number of rotatable bonds is 0. The molecule has 2 aromatic rings. The molecule has 0 radical (unpaired) electrons. The highest BCUT2D eigenvalue weighted by Gasteiger charge is 2.53. The van der Waals surface area contributed by atoms with Gasteiger partial charge in [-0.05, 0) is 0 Å². The molecule has 0 fully saturated rings. The summed E-state index contributed by atoms with van der Waals surface area (Å²) in [7, 11) is 0. The molecule has 0 saturated heterocycles. The number of hydrogen-bond donors (Lipinski definition) is 0. The Morgan fingerprint density at radius 2 is 1.76 bits per heavy atom. The number of H-pyrrole nitrogens is 1. The first-order valence-corrected chi connectivity index (χ1v) is 6.24. The number of aromatic nitrogens is 2. The summed E-state index contributed by atoms with van der Waals surface area (Å²) in [5, 5.41) is 0. The van der Waals surface area contributed by atoms with E-state index in [9.17, 15) is 19.2 Å². The highest BCUT2D eigenvalue weighted by molar-refractivity contribution is 6.26. The van der Waals surface area contributed by atoms with E-state index in [0.29, 0.717) is 15.9 Å². The molecule has 1 aromatic carbocycles. The molecule has 3 amide bonds. The van der Waals surface area contributed by atoms with Gasteiger partial charge >= 0.3 is 29.1 Å². The van der Waals surface area contributed by atoms with Crippen molar-refractivity contribution in [3.05, 3.63) is 35.7 Å². The predicted molar refractivity (Wildman–Crippen MR) is 68.2 cm³/mol. The average Bonchev–Trinajstić information content (AvgIpc) is 2.68. The number of carbonyl (C=O) groups excluding carboxylic acids is 4. The Hall–Kier alpha value is -2.96. The smallest absolute Gasteiger partial charge is 0.274 e. The van der Waals surface area contributed by atoms with Crippen LogP contribution in [0.25, 0.3) is 11.0 Å². The van der Waals surface area contributed by atoms with Gasteiger partial charge in [-0.2, -0.15) is 9.88 Å². The topological polar surface area (TPSA) is 89.5 Å². The van der Waals surface area contributed by atoms with Gasteiger partial charge in [0.25, 0.3) is 11.0 Å². The van der Waals surface area contributed by atoms with E-state index < -0.39 is 23.6 Å². The third-order valence-electron chi connectivity index (χ3n) is 3.32. The fraction of sp³-hybridized carbons (Fsp3) is 0.143. The minimum Gasteiger partial charge on any atom is -0.274 e. The number of imide groups is 3. The van der Waals surface area contributed by atoms with E-state index in [1.165, 1.54) is 6.92 Å². The summed E-state index contributed by atoms with van der Waals surface area (Å²) in [6.07, 6.45) is 0. The minimum absolute atomic E-state index is 0.0518. The van der Waals surface area contributed by atoms with Crippen LogP contribution in [0.4, 0.5) is 0 Å². The van der Waals surface area contributed by atoms with Gasteiger partial charge in [-0.15, -0.1) is 4.57 Å². The van der Waals surface area contributed by atoms with Crippen molar-refractivity contribution in [3.8, 4) is 0 Å². The second-order valence-corrected chi connectivity index (χ2v) is 4.68. The van der Waals surface area contributed by atoms with E-state index in [-0.39, 0.29) is 11.4 Å². The number of para-hydroxylation sites is 2. The summed E-state index contributed by atoms with van der Waals surface area (Å²) in [6, 6.07) is 6.79. The molecule has 0 aliphatic carbocycles. The van der Waals surface area contributed by atoms with Crippen molar-refractivity contribution in [1.82, 2.24) is 4.90 Å². The first-order chi connectivity index (χ1) is 9.93. The molecule has 1 aliphatic heterocycles. The maximum absolute atomic E-state index is 12.3. The molecule has 0 spiro atoms. The van der Waals surface area contributed by atoms with Crippen LogP contribution in [0.1, 0.15) is 39.6 Å². The van der Waals surface area contributed by atoms with Gasteiger partial charge in [-0.1, -0.05) is 12.1 Å². The third kappa shape index (κ3) is 1.67. The standard InChI is InChI=1S/C14H10N3O4/c1-7(18)16-10-6-4-3-5-9(10)15-11-12(16)14(21)17(8(2)19)13(11)20/h3-6H,1-2H3/q+1/p+1. The number of benzene rings is 1. The van der Waals surface area contributed by atoms with E-state index in [0.717, 1.165) is 11.5 Å². The van der Waals surface area contributed by atoms with Crippen LogP contribution in [-0.4, -0.2) is 28.5 Å². The largest absolute Gasteiger partial charge is 0.390 e. The van der Waals surface area contributed by atoms with Crippen LogP contribution < -0.4 is 9.55 Å². The molecular weight excluding hydrogens is 274 g/mol. The molecule has 0 saturated carbocycles. The number of nitrogens with one attached hydrogen (secondary N) is 1. The number of carbonyl (C=O) groups is 4. The predicted octanol–water partition coefficient (Wildman–Crippen LogP) is -0.256. The molecule has 0 bridgehead atoms. The zero-order valence-corrected chi connectivity index (χ0v) is 11.3. The Labute approximate surface area is 118 Å². The van der Waals surface area contributed by atoms with Gasteiger partial charge in [0.15, 0.2) is 0 Å². The Bertz CT molecular complexity index is 857. The van der Waals surface area contributed by atoms with Gasteiger partial charge in [0, 0.05) is 19.1 Å². The molecule has 0 unspecified atom stereocenters. The lowest BCUT2D eigenvalue weighted by molar-refractivity contribution is -0.560. The molecule has 1 aliphatic rings. The average molecular weight is 285 g/mol. The quantitative estimate of drug-likeness (QED) is 0.493. The fourth-order valence-corrected chi connectivity index (χ4v) is 2.48. The maximum Gasteiger partial charge on any atom is 0.390 e. The van der Waals surface area contributed by atoms with Crippen molar-refractivity contribution < 1.29 is 28.7 Å². The summed E-state index contributed by atoms with van der Waals surface area (Å²) >= 11 is 0. The van der Waals surface area contributed by atoms with Crippen molar-refractivity contribution >= 4 is 34.7 Å². The molecule has 1 aromatic heterocycles. The van der Waals surface area contributed by atoms with Crippen LogP contribution in [0, 0.1) is 0 Å². The van der Waals surface area contributed by atoms with Crippen molar-refractivity contribution in [2.45, 2.75) is 13.8 Å². The van der Waals surface area contributed by atoms with Crippen molar-refractivity contribution in [2.24, 2.45) is 0 Å². The number of nitrogens with zero attached hydrogens (tertiary/aromatic N) is 2. The Balaban J connectivity index is 2.45. The Morgan fingerprint density at radius 3 is 2.38 bits per heavy atom. The SMILES string of the molecule is CC(=O)N1C(=O)c2[nH+]c3ccccc3[n+](C(C)=O)c2C1=O. The van der Waals surface area contributed by atoms with E-state index in [4.69, 9.17) is 0 Å². The summed E-state index contributed by atoms with van der Waals surface area (Å²) < 4.78 is 1.16. The third-order valence-corrected chi connectivity index (χ3v) is 3.32. The van der Waals surface area contributed by atoms with Crippen LogP contribution >= 0.6 is 0 Å². The van der Waals surface area contributed by atoms with E-state index in [2.05, 4.69) is 4.98 Å². The zero-order valence-electron chi connectivity index (χ0n) is 11.3. The second-order valence-electron chi connectivity index (χ2n) is 4.68. The lowest BCUT2D eigenvalue weighted by Crippen LogP contribution is -2.49. The summed E-state index contributed by atoms with van der Waals surface area (Å²) in [6.45, 7) is 2.42. The number of fused-ring (bicyclic) bond motifs is 2. The highest BCUT2D eigenvalue weighted by atomic mass is 16.2. The molecular formula is C14H11N3O4+2. The van der Waals surface area contributed by atoms with Gasteiger partial charge < -0.3 is 0 Å². The number of amides is 3. The number of aromatic amines is 1. The maximum atomic E-state index is 12.3. The van der Waals surface area contributed by atoms with Gasteiger partial charge in [0.05, 0.1) is 6.92 Å². The monoisotopic (exact) mass is 285 g/mol. The summed E-state index contributed by atoms with van der Waals surface area (Å²) in [5.74, 6) is -2.64.